The van der Waals surface area contributed by atoms with Crippen LogP contribution in [0.25, 0.3) is 5.82 Å². The molecule has 0 aliphatic carbocycles. The summed E-state index contributed by atoms with van der Waals surface area (Å²) < 4.78 is 1.74. The Bertz CT molecular complexity index is 545. The lowest BCUT2D eigenvalue weighted by Crippen LogP contribution is -2.11. The number of aromatic nitrogens is 4. The summed E-state index contributed by atoms with van der Waals surface area (Å²) in [5.41, 5.74) is 8.55. The van der Waals surface area contributed by atoms with Crippen LogP contribution < -0.4 is 11.1 Å². The maximum absolute atomic E-state index is 6.09. The Morgan fingerprint density at radius 3 is 2.72 bits per heavy atom. The van der Waals surface area contributed by atoms with Gasteiger partial charge >= 0.3 is 0 Å². The Balaban J connectivity index is 2.42. The molecule has 6 nitrogen and oxygen atoms in total. The third kappa shape index (κ3) is 2.27. The van der Waals surface area contributed by atoms with Gasteiger partial charge in [0.1, 0.15) is 12.0 Å². The van der Waals surface area contributed by atoms with Gasteiger partial charge in [0, 0.05) is 12.2 Å². The highest BCUT2D eigenvalue weighted by molar-refractivity contribution is 5.69. The number of nitrogen functional groups attached to an aromatic ring is 1. The second-order valence-corrected chi connectivity index (χ2v) is 4.23. The van der Waals surface area contributed by atoms with Crippen molar-refractivity contribution in [3.8, 4) is 5.82 Å². The summed E-state index contributed by atoms with van der Waals surface area (Å²) in [6, 6.07) is 1.99. The quantitative estimate of drug-likeness (QED) is 0.857. The van der Waals surface area contributed by atoms with Crippen molar-refractivity contribution < 1.29 is 0 Å². The number of hydrogen-bond donors (Lipinski definition) is 2. The van der Waals surface area contributed by atoms with Crippen LogP contribution >= 0.6 is 0 Å². The summed E-state index contributed by atoms with van der Waals surface area (Å²) in [6.45, 7) is 6.84. The number of nitrogens with two attached hydrogens (primary N) is 1. The molecule has 0 spiro atoms. The van der Waals surface area contributed by atoms with Crippen LogP contribution in [0.4, 0.5) is 11.5 Å². The topological polar surface area (TPSA) is 81.7 Å². The minimum Gasteiger partial charge on any atom is -0.393 e. The maximum Gasteiger partial charge on any atom is 0.182 e. The molecular formula is C12H18N6. The Hall–Kier alpha value is -2.11. The Kier molecular flexibility index (Phi) is 3.45. The first-order valence-corrected chi connectivity index (χ1v) is 6.01. The molecule has 96 valence electrons. The van der Waals surface area contributed by atoms with Gasteiger partial charge in [0.15, 0.2) is 11.6 Å². The number of nitrogens with zero attached hydrogens (tertiary/aromatic N) is 4. The SMILES string of the molecule is CCCNc1ncnc(-n2nc(C)cc2C)c1N. The molecule has 2 aromatic rings. The zero-order chi connectivity index (χ0) is 13.1. The van der Waals surface area contributed by atoms with Crippen molar-refractivity contribution in [1.82, 2.24) is 19.7 Å². The molecule has 0 atom stereocenters. The molecule has 0 fully saturated rings. The summed E-state index contributed by atoms with van der Waals surface area (Å²) in [6.07, 6.45) is 2.51. The molecule has 0 aliphatic rings. The van der Waals surface area contributed by atoms with Crippen LogP contribution in [0.5, 0.6) is 0 Å². The third-order valence-electron chi connectivity index (χ3n) is 2.62. The largest absolute Gasteiger partial charge is 0.393 e. The van der Waals surface area contributed by atoms with Gasteiger partial charge < -0.3 is 11.1 Å². The average molecular weight is 246 g/mol. The van der Waals surface area contributed by atoms with E-state index in [1.807, 2.05) is 19.9 Å². The summed E-state index contributed by atoms with van der Waals surface area (Å²) >= 11 is 0. The van der Waals surface area contributed by atoms with E-state index < -0.39 is 0 Å². The van der Waals surface area contributed by atoms with E-state index in [-0.39, 0.29) is 0 Å². The summed E-state index contributed by atoms with van der Waals surface area (Å²) in [5, 5.41) is 7.56. The normalized spacial score (nSPS) is 10.6. The fourth-order valence-electron chi connectivity index (χ4n) is 1.78. The van der Waals surface area contributed by atoms with Gasteiger partial charge in [-0.05, 0) is 26.3 Å². The van der Waals surface area contributed by atoms with E-state index in [0.717, 1.165) is 24.4 Å². The van der Waals surface area contributed by atoms with Crippen molar-refractivity contribution in [3.05, 3.63) is 23.8 Å². The van der Waals surface area contributed by atoms with Crippen LogP contribution in [0.3, 0.4) is 0 Å². The predicted molar refractivity (Wildman–Crippen MR) is 71.8 cm³/mol. The monoisotopic (exact) mass is 246 g/mol. The van der Waals surface area contributed by atoms with Gasteiger partial charge in [0.05, 0.1) is 5.69 Å². The molecule has 0 amide bonds. The molecule has 6 heteroatoms. The maximum atomic E-state index is 6.09. The molecule has 0 saturated heterocycles. The fraction of sp³-hybridized carbons (Fsp3) is 0.417. The zero-order valence-electron chi connectivity index (χ0n) is 10.9. The number of nitrogens with one attached hydrogen (secondary N) is 1. The van der Waals surface area contributed by atoms with Crippen molar-refractivity contribution in [1.29, 1.82) is 0 Å². The summed E-state index contributed by atoms with van der Waals surface area (Å²) in [4.78, 5) is 8.37. The van der Waals surface area contributed by atoms with Crippen molar-refractivity contribution in [2.24, 2.45) is 0 Å². The van der Waals surface area contributed by atoms with E-state index in [0.29, 0.717) is 17.3 Å². The fourth-order valence-corrected chi connectivity index (χ4v) is 1.78. The molecule has 0 saturated carbocycles. The average Bonchev–Trinajstić information content (AvgIpc) is 2.67. The molecule has 18 heavy (non-hydrogen) atoms. The lowest BCUT2D eigenvalue weighted by atomic mass is 10.4. The highest BCUT2D eigenvalue weighted by Gasteiger charge is 2.12. The van der Waals surface area contributed by atoms with Gasteiger partial charge in [-0.3, -0.25) is 0 Å². The van der Waals surface area contributed by atoms with Crippen LogP contribution in [0.15, 0.2) is 12.4 Å². The van der Waals surface area contributed by atoms with E-state index in [1.54, 1.807) is 4.68 Å². The predicted octanol–water partition coefficient (Wildman–Crippen LogP) is 1.68. The van der Waals surface area contributed by atoms with Gasteiger partial charge in [-0.25, -0.2) is 14.6 Å². The first-order chi connectivity index (χ1) is 8.63. The summed E-state index contributed by atoms with van der Waals surface area (Å²) in [7, 11) is 0. The zero-order valence-corrected chi connectivity index (χ0v) is 10.9. The lowest BCUT2D eigenvalue weighted by Gasteiger charge is -2.11. The van der Waals surface area contributed by atoms with Crippen LogP contribution in [0.2, 0.25) is 0 Å². The molecule has 2 heterocycles. The van der Waals surface area contributed by atoms with Gasteiger partial charge in [0.25, 0.3) is 0 Å². The number of anilines is 2. The number of aryl methyl sites for hydroxylation is 2. The minimum absolute atomic E-state index is 0.525. The first kappa shape index (κ1) is 12.3. The molecule has 0 radical (unpaired) electrons. The standard InChI is InChI=1S/C12H18N6/c1-4-5-14-11-10(13)12(16-7-15-11)18-9(3)6-8(2)17-18/h6-7H,4-5,13H2,1-3H3,(H,14,15,16). The Morgan fingerprint density at radius 2 is 2.11 bits per heavy atom. The lowest BCUT2D eigenvalue weighted by molar-refractivity contribution is 0.803. The second kappa shape index (κ2) is 5.03. The van der Waals surface area contributed by atoms with Gasteiger partial charge in [-0.15, -0.1) is 0 Å². The number of rotatable bonds is 4. The molecule has 2 aromatic heterocycles. The van der Waals surface area contributed by atoms with Crippen molar-refractivity contribution in [2.75, 3.05) is 17.6 Å². The van der Waals surface area contributed by atoms with Gasteiger partial charge in [-0.1, -0.05) is 6.92 Å². The van der Waals surface area contributed by atoms with E-state index >= 15 is 0 Å². The molecule has 2 rings (SSSR count). The number of hydrogen-bond acceptors (Lipinski definition) is 5. The van der Waals surface area contributed by atoms with Crippen LogP contribution in [0.1, 0.15) is 24.7 Å². The Labute approximate surface area is 106 Å². The van der Waals surface area contributed by atoms with Crippen LogP contribution in [-0.4, -0.2) is 26.3 Å². The van der Waals surface area contributed by atoms with Crippen molar-refractivity contribution in [2.45, 2.75) is 27.2 Å². The minimum atomic E-state index is 0.525. The van der Waals surface area contributed by atoms with Crippen LogP contribution in [-0.2, 0) is 0 Å². The molecule has 0 aromatic carbocycles. The summed E-state index contributed by atoms with van der Waals surface area (Å²) in [5.74, 6) is 1.28. The smallest absolute Gasteiger partial charge is 0.182 e. The Morgan fingerprint density at radius 1 is 1.33 bits per heavy atom. The van der Waals surface area contributed by atoms with Gasteiger partial charge in [0.2, 0.25) is 0 Å². The molecule has 0 bridgehead atoms. The third-order valence-corrected chi connectivity index (χ3v) is 2.62. The van der Waals surface area contributed by atoms with Crippen LogP contribution in [0, 0.1) is 13.8 Å². The second-order valence-electron chi connectivity index (χ2n) is 4.23. The van der Waals surface area contributed by atoms with Crippen molar-refractivity contribution in [3.63, 3.8) is 0 Å². The molecule has 0 aliphatic heterocycles. The first-order valence-electron chi connectivity index (χ1n) is 6.01. The van der Waals surface area contributed by atoms with E-state index in [2.05, 4.69) is 27.3 Å². The van der Waals surface area contributed by atoms with E-state index in [1.165, 1.54) is 6.33 Å². The molecular weight excluding hydrogens is 228 g/mol. The molecule has 0 unspecified atom stereocenters. The van der Waals surface area contributed by atoms with E-state index in [9.17, 15) is 0 Å². The highest BCUT2D eigenvalue weighted by Crippen LogP contribution is 2.22. The van der Waals surface area contributed by atoms with E-state index in [4.69, 9.17) is 5.73 Å². The molecule has 3 N–H and O–H groups in total. The van der Waals surface area contributed by atoms with Gasteiger partial charge in [-0.2, -0.15) is 5.10 Å². The van der Waals surface area contributed by atoms with Crippen molar-refractivity contribution >= 4 is 11.5 Å². The highest BCUT2D eigenvalue weighted by atomic mass is 15.3.